The van der Waals surface area contributed by atoms with Crippen molar-refractivity contribution in [3.8, 4) is 34.5 Å². The molecule has 1 aliphatic rings. The maximum Gasteiger partial charge on any atom is 0.255 e. The number of carbonyl (C=O) groups excluding carboxylic acids is 3. The van der Waals surface area contributed by atoms with Gasteiger partial charge in [-0.25, -0.2) is 4.99 Å². The van der Waals surface area contributed by atoms with Crippen LogP contribution >= 0.6 is 0 Å². The number of benzene rings is 3. The van der Waals surface area contributed by atoms with Gasteiger partial charge in [0.1, 0.15) is 6.61 Å². The molecular formula is C32H36N4O10. The van der Waals surface area contributed by atoms with Crippen molar-refractivity contribution in [3.63, 3.8) is 0 Å². The second-order valence-electron chi connectivity index (χ2n) is 10.4. The zero-order valence-electron chi connectivity index (χ0n) is 25.1. The molecule has 0 unspecified atom stereocenters. The Bertz CT molecular complexity index is 1610. The minimum atomic E-state index is -0.911. The molecule has 14 heteroatoms. The molecule has 0 radical (unpaired) electrons. The van der Waals surface area contributed by atoms with E-state index in [1.165, 1.54) is 55.6 Å². The van der Waals surface area contributed by atoms with Gasteiger partial charge in [0.25, 0.3) is 17.7 Å². The minimum Gasteiger partial charge on any atom is -0.504 e. The highest BCUT2D eigenvalue weighted by atomic mass is 16.5. The molecule has 0 saturated heterocycles. The first kappa shape index (κ1) is 33.2. The first-order valence-corrected chi connectivity index (χ1v) is 14.6. The molecule has 14 nitrogen and oxygen atoms in total. The van der Waals surface area contributed by atoms with Gasteiger partial charge < -0.3 is 50.5 Å². The SMILES string of the molecule is COc1cccc(C(=O)NCCCCN(CCCNC(=O)c2cccc(O)c2O)C(=O)[C@@H]2COC(c3cccc(O)c3O)=N2)c1O. The van der Waals surface area contributed by atoms with Crippen LogP contribution in [0.5, 0.6) is 34.5 Å². The van der Waals surface area contributed by atoms with Crippen LogP contribution in [0, 0.1) is 0 Å². The van der Waals surface area contributed by atoms with Gasteiger partial charge in [-0.2, -0.15) is 0 Å². The summed E-state index contributed by atoms with van der Waals surface area (Å²) in [6.07, 6.45) is 1.35. The zero-order valence-corrected chi connectivity index (χ0v) is 25.1. The van der Waals surface area contributed by atoms with Gasteiger partial charge in [0, 0.05) is 26.2 Å². The molecule has 3 aromatic carbocycles. The molecule has 4 rings (SSSR count). The van der Waals surface area contributed by atoms with Crippen molar-refractivity contribution in [1.29, 1.82) is 0 Å². The van der Waals surface area contributed by atoms with Crippen molar-refractivity contribution < 1.29 is 49.4 Å². The van der Waals surface area contributed by atoms with E-state index in [2.05, 4.69) is 15.6 Å². The Kier molecular flexibility index (Phi) is 11.1. The number of phenolic OH excluding ortho intramolecular Hbond substituents is 5. The first-order chi connectivity index (χ1) is 22.1. The number of rotatable bonds is 14. The van der Waals surface area contributed by atoms with Gasteiger partial charge in [0.05, 0.1) is 23.8 Å². The van der Waals surface area contributed by atoms with Crippen molar-refractivity contribution >= 4 is 23.6 Å². The lowest BCUT2D eigenvalue weighted by atomic mass is 10.1. The summed E-state index contributed by atoms with van der Waals surface area (Å²) >= 11 is 0. The van der Waals surface area contributed by atoms with Crippen LogP contribution in [0.4, 0.5) is 0 Å². The highest BCUT2D eigenvalue weighted by Gasteiger charge is 2.31. The molecule has 0 spiro atoms. The van der Waals surface area contributed by atoms with E-state index >= 15 is 0 Å². The quantitative estimate of drug-likeness (QED) is 0.101. The summed E-state index contributed by atoms with van der Waals surface area (Å²) < 4.78 is 10.6. The lowest BCUT2D eigenvalue weighted by Gasteiger charge is -2.24. The predicted molar refractivity (Wildman–Crippen MR) is 166 cm³/mol. The van der Waals surface area contributed by atoms with E-state index in [0.717, 1.165) is 0 Å². The second kappa shape index (κ2) is 15.4. The third kappa shape index (κ3) is 7.88. The average molecular weight is 637 g/mol. The summed E-state index contributed by atoms with van der Waals surface area (Å²) in [5, 5.41) is 55.3. The van der Waals surface area contributed by atoms with Crippen molar-refractivity contribution in [2.45, 2.75) is 25.3 Å². The molecule has 1 aliphatic heterocycles. The number of nitrogens with one attached hydrogen (secondary N) is 2. The maximum absolute atomic E-state index is 13.5. The minimum absolute atomic E-state index is 0.0217. The standard InChI is InChI=1S/C32H36N4O10/c1-45-25-13-6-9-20(28(25)41)30(43)33-14-2-3-16-36(17-7-15-34-29(42)19-8-4-11-23(37)26(19)39)32(44)22-18-46-31(35-22)21-10-5-12-24(38)27(21)40/h4-6,8-13,22,37-41H,2-3,7,14-18H2,1H3,(H,33,43)(H,34,42)/t22-/m0/s1. The Morgan fingerprint density at radius 2 is 1.39 bits per heavy atom. The van der Waals surface area contributed by atoms with Gasteiger partial charge in [-0.15, -0.1) is 0 Å². The lowest BCUT2D eigenvalue weighted by molar-refractivity contribution is -0.132. The second-order valence-corrected chi connectivity index (χ2v) is 10.4. The predicted octanol–water partition coefficient (Wildman–Crippen LogP) is 2.23. The van der Waals surface area contributed by atoms with Crippen LogP contribution in [0.25, 0.3) is 0 Å². The zero-order chi connectivity index (χ0) is 33.2. The molecule has 244 valence electrons. The molecular weight excluding hydrogens is 600 g/mol. The number of ether oxygens (including phenoxy) is 2. The van der Waals surface area contributed by atoms with E-state index in [4.69, 9.17) is 9.47 Å². The highest BCUT2D eigenvalue weighted by molar-refractivity contribution is 6.01. The van der Waals surface area contributed by atoms with Gasteiger partial charge >= 0.3 is 0 Å². The van der Waals surface area contributed by atoms with Crippen LogP contribution in [0.3, 0.4) is 0 Å². The van der Waals surface area contributed by atoms with Crippen molar-refractivity contribution in [3.05, 3.63) is 71.3 Å². The summed E-state index contributed by atoms with van der Waals surface area (Å²) in [6, 6.07) is 12.1. The van der Waals surface area contributed by atoms with E-state index in [0.29, 0.717) is 25.8 Å². The summed E-state index contributed by atoms with van der Waals surface area (Å²) in [4.78, 5) is 44.5. The van der Waals surface area contributed by atoms with Crippen LogP contribution < -0.4 is 15.4 Å². The third-order valence-electron chi connectivity index (χ3n) is 7.25. The van der Waals surface area contributed by atoms with Crippen molar-refractivity contribution in [2.24, 2.45) is 4.99 Å². The number of carbonyl (C=O) groups is 3. The average Bonchev–Trinajstić information content (AvgIpc) is 3.54. The topological polar surface area (TPSA) is 210 Å². The Balaban J connectivity index is 1.35. The van der Waals surface area contributed by atoms with Gasteiger partial charge in [0.2, 0.25) is 5.90 Å². The van der Waals surface area contributed by atoms with Crippen molar-refractivity contribution in [2.75, 3.05) is 39.9 Å². The van der Waals surface area contributed by atoms with Crippen LogP contribution in [0.2, 0.25) is 0 Å². The molecule has 1 heterocycles. The number of aliphatic imine (C=N–C) groups is 1. The Morgan fingerprint density at radius 1 is 0.804 bits per heavy atom. The van der Waals surface area contributed by atoms with Gasteiger partial charge in [0.15, 0.2) is 40.5 Å². The van der Waals surface area contributed by atoms with Gasteiger partial charge in [-0.3, -0.25) is 14.4 Å². The summed E-state index contributed by atoms with van der Waals surface area (Å²) in [7, 11) is 1.39. The van der Waals surface area contributed by atoms with Crippen LogP contribution in [-0.2, 0) is 9.53 Å². The largest absolute Gasteiger partial charge is 0.504 e. The molecule has 7 N–H and O–H groups in total. The fourth-order valence-electron chi connectivity index (χ4n) is 4.77. The number of hydrogen-bond acceptors (Lipinski definition) is 11. The van der Waals surface area contributed by atoms with Crippen LogP contribution in [0.1, 0.15) is 45.5 Å². The monoisotopic (exact) mass is 636 g/mol. The highest BCUT2D eigenvalue weighted by Crippen LogP contribution is 2.31. The molecule has 0 aliphatic carbocycles. The number of phenols is 5. The molecule has 0 bridgehead atoms. The number of hydrogen-bond donors (Lipinski definition) is 7. The van der Waals surface area contributed by atoms with Gasteiger partial charge in [-0.05, 0) is 55.7 Å². The lowest BCUT2D eigenvalue weighted by Crippen LogP contribution is -2.41. The summed E-state index contributed by atoms with van der Waals surface area (Å²) in [6.45, 7) is 0.873. The maximum atomic E-state index is 13.5. The molecule has 3 aromatic rings. The molecule has 46 heavy (non-hydrogen) atoms. The van der Waals surface area contributed by atoms with E-state index < -0.39 is 35.1 Å². The number of amides is 3. The van der Waals surface area contributed by atoms with E-state index in [1.54, 1.807) is 11.0 Å². The third-order valence-corrected chi connectivity index (χ3v) is 7.25. The van der Waals surface area contributed by atoms with E-state index in [1.807, 2.05) is 0 Å². The van der Waals surface area contributed by atoms with E-state index in [9.17, 15) is 39.9 Å². The van der Waals surface area contributed by atoms with Crippen LogP contribution in [-0.4, -0.2) is 100.0 Å². The normalized spacial score (nSPS) is 13.8. The molecule has 0 saturated carbocycles. The van der Waals surface area contributed by atoms with Gasteiger partial charge in [-0.1, -0.05) is 18.2 Å². The molecule has 0 aromatic heterocycles. The Hall–Kier alpha value is -5.66. The molecule has 1 atom stereocenters. The summed E-state index contributed by atoms with van der Waals surface area (Å²) in [5.74, 6) is -3.19. The van der Waals surface area contributed by atoms with Crippen molar-refractivity contribution in [1.82, 2.24) is 15.5 Å². The summed E-state index contributed by atoms with van der Waals surface area (Å²) in [5.41, 5.74) is 0.139. The fraction of sp³-hybridized carbons (Fsp3) is 0.312. The molecule has 3 amide bonds. The number of para-hydroxylation sites is 3. The Labute approximate surface area is 264 Å². The molecule has 0 fully saturated rings. The number of unbranched alkanes of at least 4 members (excludes halogenated alkanes) is 1. The fourth-order valence-corrected chi connectivity index (χ4v) is 4.77. The smallest absolute Gasteiger partial charge is 0.255 e. The van der Waals surface area contributed by atoms with Crippen LogP contribution in [0.15, 0.2) is 59.6 Å². The first-order valence-electron chi connectivity index (χ1n) is 14.6. The number of methoxy groups -OCH3 is 1. The van der Waals surface area contributed by atoms with E-state index in [-0.39, 0.29) is 72.0 Å². The number of aromatic hydroxyl groups is 5. The number of nitrogens with zero attached hydrogens (tertiary/aromatic N) is 2. The Morgan fingerprint density at radius 3 is 2.09 bits per heavy atom.